The van der Waals surface area contributed by atoms with E-state index in [2.05, 4.69) is 0 Å². The maximum absolute atomic E-state index is 12.2. The van der Waals surface area contributed by atoms with Crippen molar-refractivity contribution in [2.75, 3.05) is 0 Å². The van der Waals surface area contributed by atoms with Crippen LogP contribution in [-0.2, 0) is 9.59 Å². The van der Waals surface area contributed by atoms with E-state index in [-0.39, 0.29) is 11.6 Å². The van der Waals surface area contributed by atoms with Crippen LogP contribution in [0.1, 0.15) is 23.0 Å². The van der Waals surface area contributed by atoms with Gasteiger partial charge in [0.1, 0.15) is 11.8 Å². The summed E-state index contributed by atoms with van der Waals surface area (Å²) in [4.78, 5) is 24.3. The standard InChI is InChI=1S/C16H12O2/c17-15-13(11-7-3-1-4-8-11)16(18)14(15)12-9-5-2-6-10-12/h1-10,13-14H. The summed E-state index contributed by atoms with van der Waals surface area (Å²) in [5.74, 6) is -1.09. The summed E-state index contributed by atoms with van der Waals surface area (Å²) in [6.07, 6.45) is 0. The van der Waals surface area contributed by atoms with E-state index in [9.17, 15) is 9.59 Å². The molecule has 1 fully saturated rings. The zero-order chi connectivity index (χ0) is 12.5. The highest BCUT2D eigenvalue weighted by Gasteiger charge is 2.49. The molecule has 3 rings (SSSR count). The van der Waals surface area contributed by atoms with Crippen molar-refractivity contribution in [3.05, 3.63) is 71.8 Å². The van der Waals surface area contributed by atoms with Crippen molar-refractivity contribution in [1.82, 2.24) is 0 Å². The molecule has 0 saturated heterocycles. The van der Waals surface area contributed by atoms with Crippen molar-refractivity contribution in [2.45, 2.75) is 11.8 Å². The Morgan fingerprint density at radius 1 is 0.556 bits per heavy atom. The quantitative estimate of drug-likeness (QED) is 0.751. The van der Waals surface area contributed by atoms with Gasteiger partial charge in [-0.15, -0.1) is 0 Å². The summed E-state index contributed by atoms with van der Waals surface area (Å²) in [5, 5.41) is 0. The van der Waals surface area contributed by atoms with E-state index in [1.54, 1.807) is 0 Å². The van der Waals surface area contributed by atoms with Crippen molar-refractivity contribution in [3.8, 4) is 0 Å². The topological polar surface area (TPSA) is 34.1 Å². The highest BCUT2D eigenvalue weighted by molar-refractivity contribution is 6.31. The molecule has 18 heavy (non-hydrogen) atoms. The third-order valence-electron chi connectivity index (χ3n) is 3.40. The van der Waals surface area contributed by atoms with Crippen LogP contribution in [0.15, 0.2) is 60.7 Å². The first-order chi connectivity index (χ1) is 8.79. The van der Waals surface area contributed by atoms with Crippen molar-refractivity contribution >= 4 is 11.6 Å². The fourth-order valence-electron chi connectivity index (χ4n) is 2.47. The van der Waals surface area contributed by atoms with Gasteiger partial charge in [-0.3, -0.25) is 9.59 Å². The summed E-state index contributed by atoms with van der Waals surface area (Å²) >= 11 is 0. The monoisotopic (exact) mass is 236 g/mol. The third-order valence-corrected chi connectivity index (χ3v) is 3.40. The fraction of sp³-hybridized carbons (Fsp3) is 0.125. The van der Waals surface area contributed by atoms with E-state index in [1.165, 1.54) is 0 Å². The first-order valence-electron chi connectivity index (χ1n) is 5.96. The number of Topliss-reactive ketones (excluding diaryl/α,β-unsaturated/α-hetero) is 2. The van der Waals surface area contributed by atoms with Gasteiger partial charge in [0.15, 0.2) is 11.6 Å². The van der Waals surface area contributed by atoms with E-state index in [4.69, 9.17) is 0 Å². The Hall–Kier alpha value is -2.22. The average Bonchev–Trinajstić information content (AvgIpc) is 2.41. The molecular weight excluding hydrogens is 224 g/mol. The van der Waals surface area contributed by atoms with Gasteiger partial charge >= 0.3 is 0 Å². The molecule has 0 N–H and O–H groups in total. The Morgan fingerprint density at radius 2 is 0.889 bits per heavy atom. The molecule has 2 aromatic rings. The lowest BCUT2D eigenvalue weighted by Gasteiger charge is -2.32. The summed E-state index contributed by atoms with van der Waals surface area (Å²) in [6.45, 7) is 0. The fourth-order valence-corrected chi connectivity index (χ4v) is 2.47. The summed E-state index contributed by atoms with van der Waals surface area (Å²) in [5.41, 5.74) is 1.61. The highest BCUT2D eigenvalue weighted by atomic mass is 16.2. The molecule has 0 atom stereocenters. The van der Waals surface area contributed by atoms with Crippen molar-refractivity contribution in [3.63, 3.8) is 0 Å². The Labute approximate surface area is 105 Å². The highest BCUT2D eigenvalue weighted by Crippen LogP contribution is 2.40. The third kappa shape index (κ3) is 1.58. The lowest BCUT2D eigenvalue weighted by atomic mass is 9.66. The predicted octanol–water partition coefficient (Wildman–Crippen LogP) is 2.71. The van der Waals surface area contributed by atoms with Gasteiger partial charge in [0.25, 0.3) is 0 Å². The molecule has 0 spiro atoms. The van der Waals surface area contributed by atoms with Crippen molar-refractivity contribution < 1.29 is 9.59 Å². The normalized spacial score (nSPS) is 22.7. The molecule has 0 aliphatic heterocycles. The van der Waals surface area contributed by atoms with Gasteiger partial charge in [-0.2, -0.15) is 0 Å². The van der Waals surface area contributed by atoms with Crippen molar-refractivity contribution in [2.24, 2.45) is 0 Å². The van der Waals surface area contributed by atoms with E-state index >= 15 is 0 Å². The van der Waals surface area contributed by atoms with Gasteiger partial charge in [-0.25, -0.2) is 0 Å². The van der Waals surface area contributed by atoms with Crippen LogP contribution in [0.5, 0.6) is 0 Å². The summed E-state index contributed by atoms with van der Waals surface area (Å²) < 4.78 is 0. The predicted molar refractivity (Wildman–Crippen MR) is 68.4 cm³/mol. The molecule has 2 nitrogen and oxygen atoms in total. The maximum Gasteiger partial charge on any atom is 0.162 e. The molecule has 0 radical (unpaired) electrons. The van der Waals surface area contributed by atoms with Crippen LogP contribution < -0.4 is 0 Å². The van der Waals surface area contributed by atoms with E-state index in [0.29, 0.717) is 0 Å². The number of benzene rings is 2. The van der Waals surface area contributed by atoms with Crippen LogP contribution in [-0.4, -0.2) is 11.6 Å². The van der Waals surface area contributed by atoms with Crippen LogP contribution in [0.4, 0.5) is 0 Å². The summed E-state index contributed by atoms with van der Waals surface area (Å²) in [7, 11) is 0. The first kappa shape index (κ1) is 10.9. The second-order valence-corrected chi connectivity index (χ2v) is 4.49. The van der Waals surface area contributed by atoms with Crippen LogP contribution in [0, 0.1) is 0 Å². The van der Waals surface area contributed by atoms with Gasteiger partial charge in [0, 0.05) is 0 Å². The molecule has 0 aromatic heterocycles. The SMILES string of the molecule is O=C1C(c2ccccc2)C(=O)C1c1ccccc1. The molecule has 2 heteroatoms. The Bertz CT molecular complexity index is 520. The molecule has 0 heterocycles. The molecule has 88 valence electrons. The number of hydrogen-bond acceptors (Lipinski definition) is 2. The number of ketones is 2. The van der Waals surface area contributed by atoms with Crippen molar-refractivity contribution in [1.29, 1.82) is 0 Å². The van der Waals surface area contributed by atoms with Crippen LogP contribution in [0.25, 0.3) is 0 Å². The van der Waals surface area contributed by atoms with E-state index < -0.39 is 11.8 Å². The molecule has 2 aromatic carbocycles. The van der Waals surface area contributed by atoms with E-state index in [1.807, 2.05) is 60.7 Å². The van der Waals surface area contributed by atoms with Crippen LogP contribution in [0.2, 0.25) is 0 Å². The Kier molecular flexibility index (Phi) is 2.56. The molecule has 1 aliphatic rings. The Balaban J connectivity index is 1.89. The number of carbonyl (C=O) groups excluding carboxylic acids is 2. The van der Waals surface area contributed by atoms with Gasteiger partial charge < -0.3 is 0 Å². The maximum atomic E-state index is 12.2. The second-order valence-electron chi connectivity index (χ2n) is 4.49. The number of rotatable bonds is 2. The van der Waals surface area contributed by atoms with Gasteiger partial charge in [0.2, 0.25) is 0 Å². The van der Waals surface area contributed by atoms with E-state index in [0.717, 1.165) is 11.1 Å². The first-order valence-corrected chi connectivity index (χ1v) is 5.96. The zero-order valence-electron chi connectivity index (χ0n) is 9.74. The molecule has 0 bridgehead atoms. The summed E-state index contributed by atoms with van der Waals surface area (Å²) in [6, 6.07) is 18.5. The minimum Gasteiger partial charge on any atom is -0.297 e. The Morgan fingerprint density at radius 3 is 1.22 bits per heavy atom. The smallest absolute Gasteiger partial charge is 0.162 e. The average molecular weight is 236 g/mol. The molecule has 1 aliphatic carbocycles. The zero-order valence-corrected chi connectivity index (χ0v) is 9.74. The number of hydrogen-bond donors (Lipinski definition) is 0. The lowest BCUT2D eigenvalue weighted by molar-refractivity contribution is -0.142. The van der Waals surface area contributed by atoms with Crippen LogP contribution in [0.3, 0.4) is 0 Å². The minimum absolute atomic E-state index is 0.0115. The van der Waals surface area contributed by atoms with Gasteiger partial charge in [-0.1, -0.05) is 60.7 Å². The largest absolute Gasteiger partial charge is 0.297 e. The molecule has 0 amide bonds. The van der Waals surface area contributed by atoms with Gasteiger partial charge in [-0.05, 0) is 11.1 Å². The molecule has 1 saturated carbocycles. The lowest BCUT2D eigenvalue weighted by Crippen LogP contribution is -2.44. The van der Waals surface area contributed by atoms with Crippen LogP contribution >= 0.6 is 0 Å². The molecule has 0 unspecified atom stereocenters. The van der Waals surface area contributed by atoms with Gasteiger partial charge in [0.05, 0.1) is 0 Å². The molecular formula is C16H12O2. The minimum atomic E-state index is -0.559. The number of carbonyl (C=O) groups is 2. The second kappa shape index (κ2) is 4.22.